The summed E-state index contributed by atoms with van der Waals surface area (Å²) < 4.78 is 0. The first-order valence-corrected chi connectivity index (χ1v) is 3.81. The average Bonchev–Trinajstić information content (AvgIpc) is 2.05. The van der Waals surface area contributed by atoms with Crippen molar-refractivity contribution in [2.75, 3.05) is 0 Å². The Labute approximate surface area is 61.1 Å². The quantitative estimate of drug-likeness (QED) is 0.524. The molecule has 0 saturated carbocycles. The SMILES string of the molecule is [c]1nccc2c1CCCC2. The number of fused-ring (bicyclic) bond motifs is 1. The number of aryl methyl sites for hydroxylation is 2. The molecule has 0 fully saturated rings. The van der Waals surface area contributed by atoms with Crippen molar-refractivity contribution in [3.8, 4) is 0 Å². The lowest BCUT2D eigenvalue weighted by atomic mass is 9.94. The fourth-order valence-electron chi connectivity index (χ4n) is 1.48. The molecule has 0 aliphatic heterocycles. The molecule has 0 bridgehead atoms. The molecule has 1 aromatic rings. The Bertz CT molecular complexity index is 205. The minimum Gasteiger partial charge on any atom is -0.254 e. The van der Waals surface area contributed by atoms with Crippen molar-refractivity contribution in [1.29, 1.82) is 0 Å². The van der Waals surface area contributed by atoms with Crippen LogP contribution >= 0.6 is 0 Å². The third-order valence-corrected chi connectivity index (χ3v) is 2.06. The standard InChI is InChI=1S/C9H10N/c1-2-4-9-7-10-6-5-8(9)3-1/h5-6H,1-4H2. The molecule has 1 aliphatic rings. The Morgan fingerprint density at radius 1 is 1.30 bits per heavy atom. The van der Waals surface area contributed by atoms with Crippen LogP contribution < -0.4 is 0 Å². The molecule has 1 aromatic heterocycles. The third kappa shape index (κ3) is 0.919. The van der Waals surface area contributed by atoms with Crippen LogP contribution in [0.1, 0.15) is 24.0 Å². The van der Waals surface area contributed by atoms with Crippen LogP contribution in [0, 0.1) is 6.20 Å². The molecule has 2 rings (SSSR count). The molecule has 1 heterocycles. The van der Waals surface area contributed by atoms with E-state index in [1.54, 1.807) is 0 Å². The summed E-state index contributed by atoms with van der Waals surface area (Å²) in [5, 5.41) is 0. The van der Waals surface area contributed by atoms with Gasteiger partial charge in [0.1, 0.15) is 0 Å². The lowest BCUT2D eigenvalue weighted by molar-refractivity contribution is 0.681. The van der Waals surface area contributed by atoms with Crippen LogP contribution in [0.25, 0.3) is 0 Å². The summed E-state index contributed by atoms with van der Waals surface area (Å²) >= 11 is 0. The molecule has 1 heteroatoms. The molecule has 0 unspecified atom stereocenters. The Balaban J connectivity index is 2.41. The first-order chi connectivity index (χ1) is 4.97. The molecule has 0 saturated heterocycles. The smallest absolute Gasteiger partial charge is 0.0923 e. The molecule has 1 nitrogen and oxygen atoms in total. The van der Waals surface area contributed by atoms with E-state index in [1.807, 2.05) is 6.20 Å². The Kier molecular flexibility index (Phi) is 1.42. The van der Waals surface area contributed by atoms with E-state index >= 15 is 0 Å². The van der Waals surface area contributed by atoms with Crippen molar-refractivity contribution in [3.05, 3.63) is 29.6 Å². The average molecular weight is 132 g/mol. The van der Waals surface area contributed by atoms with Gasteiger partial charge in [-0.25, -0.2) is 0 Å². The predicted molar refractivity (Wildman–Crippen MR) is 39.7 cm³/mol. The number of hydrogen-bond acceptors (Lipinski definition) is 1. The van der Waals surface area contributed by atoms with E-state index < -0.39 is 0 Å². The van der Waals surface area contributed by atoms with E-state index in [0.717, 1.165) is 0 Å². The van der Waals surface area contributed by atoms with Crippen LogP contribution in [0.15, 0.2) is 12.3 Å². The maximum Gasteiger partial charge on any atom is 0.0923 e. The normalized spacial score (nSPS) is 16.4. The van der Waals surface area contributed by atoms with Crippen LogP contribution in [-0.4, -0.2) is 4.98 Å². The van der Waals surface area contributed by atoms with Gasteiger partial charge < -0.3 is 0 Å². The first-order valence-electron chi connectivity index (χ1n) is 3.81. The summed E-state index contributed by atoms with van der Waals surface area (Å²) in [6, 6.07) is 2.12. The first kappa shape index (κ1) is 5.90. The molecule has 0 aromatic carbocycles. The second-order valence-electron chi connectivity index (χ2n) is 2.77. The van der Waals surface area contributed by atoms with E-state index in [-0.39, 0.29) is 0 Å². The van der Waals surface area contributed by atoms with Crippen LogP contribution in [0.3, 0.4) is 0 Å². The van der Waals surface area contributed by atoms with Crippen molar-refractivity contribution in [1.82, 2.24) is 4.98 Å². The van der Waals surface area contributed by atoms with Gasteiger partial charge in [0.2, 0.25) is 0 Å². The van der Waals surface area contributed by atoms with Gasteiger partial charge in [0.05, 0.1) is 6.20 Å². The van der Waals surface area contributed by atoms with Crippen LogP contribution in [0.4, 0.5) is 0 Å². The molecule has 0 atom stereocenters. The zero-order valence-corrected chi connectivity index (χ0v) is 5.93. The number of hydrogen-bond donors (Lipinski definition) is 0. The molecule has 1 aliphatic carbocycles. The van der Waals surface area contributed by atoms with Crippen molar-refractivity contribution < 1.29 is 0 Å². The van der Waals surface area contributed by atoms with Gasteiger partial charge in [-0.3, -0.25) is 4.98 Å². The second kappa shape index (κ2) is 2.41. The number of rotatable bonds is 0. The monoisotopic (exact) mass is 132 g/mol. The van der Waals surface area contributed by atoms with E-state index in [1.165, 1.54) is 36.8 Å². The largest absolute Gasteiger partial charge is 0.254 e. The molecular formula is C9H10N. The third-order valence-electron chi connectivity index (χ3n) is 2.06. The fraction of sp³-hybridized carbons (Fsp3) is 0.444. The summed E-state index contributed by atoms with van der Waals surface area (Å²) in [6.45, 7) is 0. The molecule has 1 radical (unpaired) electrons. The van der Waals surface area contributed by atoms with Gasteiger partial charge in [-0.1, -0.05) is 0 Å². The zero-order valence-electron chi connectivity index (χ0n) is 5.93. The van der Waals surface area contributed by atoms with Crippen LogP contribution in [-0.2, 0) is 12.8 Å². The summed E-state index contributed by atoms with van der Waals surface area (Å²) in [6.07, 6.45) is 9.94. The number of pyridine rings is 1. The van der Waals surface area contributed by atoms with Gasteiger partial charge in [0.25, 0.3) is 0 Å². The van der Waals surface area contributed by atoms with Gasteiger partial charge in [-0.15, -0.1) is 0 Å². The van der Waals surface area contributed by atoms with E-state index in [4.69, 9.17) is 0 Å². The lowest BCUT2D eigenvalue weighted by Gasteiger charge is -2.12. The predicted octanol–water partition coefficient (Wildman–Crippen LogP) is 1.76. The highest BCUT2D eigenvalue weighted by atomic mass is 14.6. The molecule has 0 N–H and O–H groups in total. The van der Waals surface area contributed by atoms with Crippen molar-refractivity contribution >= 4 is 0 Å². The topological polar surface area (TPSA) is 12.9 Å². The number of aromatic nitrogens is 1. The van der Waals surface area contributed by atoms with E-state index in [9.17, 15) is 0 Å². The van der Waals surface area contributed by atoms with Gasteiger partial charge in [-0.2, -0.15) is 0 Å². The second-order valence-corrected chi connectivity index (χ2v) is 2.77. The molecule has 51 valence electrons. The Hall–Kier alpha value is -0.850. The summed E-state index contributed by atoms with van der Waals surface area (Å²) in [5.41, 5.74) is 2.80. The van der Waals surface area contributed by atoms with Gasteiger partial charge >= 0.3 is 0 Å². The minimum absolute atomic E-state index is 1.18. The van der Waals surface area contributed by atoms with Crippen LogP contribution in [0.5, 0.6) is 0 Å². The molecular weight excluding hydrogens is 122 g/mol. The van der Waals surface area contributed by atoms with E-state index in [0.29, 0.717) is 0 Å². The lowest BCUT2D eigenvalue weighted by Crippen LogP contribution is -2.02. The molecule has 0 spiro atoms. The highest BCUT2D eigenvalue weighted by Gasteiger charge is 2.07. The Morgan fingerprint density at radius 3 is 3.10 bits per heavy atom. The van der Waals surface area contributed by atoms with Crippen molar-refractivity contribution in [2.24, 2.45) is 0 Å². The zero-order chi connectivity index (χ0) is 6.81. The van der Waals surface area contributed by atoms with Crippen LogP contribution in [0.2, 0.25) is 0 Å². The summed E-state index contributed by atoms with van der Waals surface area (Å²) in [4.78, 5) is 3.97. The van der Waals surface area contributed by atoms with Gasteiger partial charge in [0, 0.05) is 6.20 Å². The molecule has 0 amide bonds. The maximum atomic E-state index is 3.97. The highest BCUT2D eigenvalue weighted by Crippen LogP contribution is 2.18. The van der Waals surface area contributed by atoms with Gasteiger partial charge in [0.15, 0.2) is 0 Å². The fourth-order valence-corrected chi connectivity index (χ4v) is 1.48. The molecule has 10 heavy (non-hydrogen) atoms. The Morgan fingerprint density at radius 2 is 2.20 bits per heavy atom. The maximum absolute atomic E-state index is 3.97. The highest BCUT2D eigenvalue weighted by molar-refractivity contribution is 5.24. The summed E-state index contributed by atoms with van der Waals surface area (Å²) in [5.74, 6) is 0. The van der Waals surface area contributed by atoms with Gasteiger partial charge in [-0.05, 0) is 42.9 Å². The van der Waals surface area contributed by atoms with Crippen molar-refractivity contribution in [2.45, 2.75) is 25.7 Å². The van der Waals surface area contributed by atoms with E-state index in [2.05, 4.69) is 17.2 Å². The minimum atomic E-state index is 1.18. The summed E-state index contributed by atoms with van der Waals surface area (Å²) in [7, 11) is 0. The van der Waals surface area contributed by atoms with Crippen molar-refractivity contribution in [3.63, 3.8) is 0 Å². The number of nitrogens with zero attached hydrogens (tertiary/aromatic N) is 1.